The van der Waals surface area contributed by atoms with Crippen LogP contribution in [-0.2, 0) is 4.74 Å². The zero-order valence-electron chi connectivity index (χ0n) is 10.5. The van der Waals surface area contributed by atoms with Crippen LogP contribution in [0, 0.1) is 0 Å². The summed E-state index contributed by atoms with van der Waals surface area (Å²) in [6, 6.07) is 4.26. The van der Waals surface area contributed by atoms with Gasteiger partial charge in [0.2, 0.25) is 5.88 Å². The fourth-order valence-corrected chi connectivity index (χ4v) is 2.41. The lowest BCUT2D eigenvalue weighted by atomic mass is 9.92. The molecular weight excluding hydrogens is 216 g/mol. The van der Waals surface area contributed by atoms with Crippen molar-refractivity contribution in [1.82, 2.24) is 4.98 Å². The minimum Gasteiger partial charge on any atom is -0.480 e. The van der Waals surface area contributed by atoms with E-state index < -0.39 is 0 Å². The maximum Gasteiger partial charge on any atom is 0.237 e. The van der Waals surface area contributed by atoms with E-state index in [0.29, 0.717) is 11.9 Å². The molecule has 0 amide bonds. The smallest absolute Gasteiger partial charge is 0.237 e. The summed E-state index contributed by atoms with van der Waals surface area (Å²) in [6.45, 7) is 0. The molecule has 0 bridgehead atoms. The third kappa shape index (κ3) is 2.88. The number of ether oxygens (including phenoxy) is 2. The highest BCUT2D eigenvalue weighted by Crippen LogP contribution is 2.27. The van der Waals surface area contributed by atoms with Gasteiger partial charge in [-0.3, -0.25) is 0 Å². The Kier molecular flexibility index (Phi) is 4.20. The Bertz CT molecular complexity index is 357. The Hall–Kier alpha value is -1.29. The van der Waals surface area contributed by atoms with Gasteiger partial charge < -0.3 is 14.8 Å². The molecule has 1 saturated carbocycles. The molecule has 0 radical (unpaired) electrons. The fraction of sp³-hybridized carbons (Fsp3) is 0.615. The van der Waals surface area contributed by atoms with E-state index in [0.717, 1.165) is 18.5 Å². The molecule has 1 aliphatic carbocycles. The molecule has 0 aromatic carbocycles. The Morgan fingerprint density at radius 3 is 2.88 bits per heavy atom. The fourth-order valence-electron chi connectivity index (χ4n) is 2.41. The van der Waals surface area contributed by atoms with Crippen molar-refractivity contribution in [1.29, 1.82) is 0 Å². The highest BCUT2D eigenvalue weighted by Gasteiger charge is 2.25. The predicted molar refractivity (Wildman–Crippen MR) is 67.5 cm³/mol. The number of hydrogen-bond acceptors (Lipinski definition) is 4. The van der Waals surface area contributed by atoms with Crippen molar-refractivity contribution in [3.8, 4) is 5.88 Å². The molecule has 2 rings (SSSR count). The van der Waals surface area contributed by atoms with Crippen molar-refractivity contribution in [2.45, 2.75) is 37.8 Å². The van der Waals surface area contributed by atoms with Crippen molar-refractivity contribution in [2.75, 3.05) is 19.5 Å². The number of pyridine rings is 1. The third-order valence-corrected chi connectivity index (χ3v) is 3.31. The summed E-state index contributed by atoms with van der Waals surface area (Å²) in [7, 11) is 3.42. The summed E-state index contributed by atoms with van der Waals surface area (Å²) < 4.78 is 10.8. The molecule has 4 nitrogen and oxygen atoms in total. The van der Waals surface area contributed by atoms with Crippen LogP contribution >= 0.6 is 0 Å². The zero-order valence-corrected chi connectivity index (χ0v) is 10.5. The van der Waals surface area contributed by atoms with Gasteiger partial charge in [-0.2, -0.15) is 0 Å². The third-order valence-electron chi connectivity index (χ3n) is 3.31. The highest BCUT2D eigenvalue weighted by molar-refractivity contribution is 5.52. The Balaban J connectivity index is 2.08. The van der Waals surface area contributed by atoms with Gasteiger partial charge in [0.15, 0.2) is 0 Å². The van der Waals surface area contributed by atoms with Gasteiger partial charge in [-0.15, -0.1) is 0 Å². The number of aromatic nitrogens is 1. The lowest BCUT2D eigenvalue weighted by Gasteiger charge is -2.31. The van der Waals surface area contributed by atoms with Gasteiger partial charge in [0.05, 0.1) is 24.9 Å². The highest BCUT2D eigenvalue weighted by atomic mass is 16.5. The van der Waals surface area contributed by atoms with E-state index in [4.69, 9.17) is 9.47 Å². The summed E-state index contributed by atoms with van der Waals surface area (Å²) in [4.78, 5) is 4.19. The van der Waals surface area contributed by atoms with Crippen LogP contribution in [0.1, 0.15) is 25.7 Å². The number of anilines is 1. The minimum atomic E-state index is 0.286. The van der Waals surface area contributed by atoms with E-state index >= 15 is 0 Å². The van der Waals surface area contributed by atoms with Gasteiger partial charge in [-0.1, -0.05) is 12.8 Å². The number of methoxy groups -OCH3 is 2. The average Bonchev–Trinajstić information content (AvgIpc) is 2.40. The van der Waals surface area contributed by atoms with Crippen LogP contribution in [-0.4, -0.2) is 31.3 Å². The van der Waals surface area contributed by atoms with Crippen LogP contribution in [0.3, 0.4) is 0 Å². The summed E-state index contributed by atoms with van der Waals surface area (Å²) >= 11 is 0. The van der Waals surface area contributed by atoms with Crippen molar-refractivity contribution in [3.05, 3.63) is 18.3 Å². The van der Waals surface area contributed by atoms with Gasteiger partial charge in [-0.05, 0) is 25.0 Å². The van der Waals surface area contributed by atoms with Gasteiger partial charge in [0.1, 0.15) is 0 Å². The molecule has 0 spiro atoms. The van der Waals surface area contributed by atoms with Crippen molar-refractivity contribution < 1.29 is 9.47 Å². The molecule has 94 valence electrons. The lowest BCUT2D eigenvalue weighted by Crippen LogP contribution is -2.37. The predicted octanol–water partition coefficient (Wildman–Crippen LogP) is 2.46. The molecule has 2 atom stereocenters. The largest absolute Gasteiger partial charge is 0.480 e. The molecule has 1 heterocycles. The van der Waals surface area contributed by atoms with E-state index in [9.17, 15) is 0 Å². The van der Waals surface area contributed by atoms with E-state index in [-0.39, 0.29) is 6.10 Å². The van der Waals surface area contributed by atoms with Gasteiger partial charge in [0, 0.05) is 13.3 Å². The van der Waals surface area contributed by atoms with Gasteiger partial charge in [-0.25, -0.2) is 4.98 Å². The molecule has 1 N–H and O–H groups in total. The van der Waals surface area contributed by atoms with Crippen LogP contribution in [0.2, 0.25) is 0 Å². The quantitative estimate of drug-likeness (QED) is 0.872. The molecule has 4 heteroatoms. The Labute approximate surface area is 102 Å². The van der Waals surface area contributed by atoms with E-state index in [2.05, 4.69) is 10.3 Å². The van der Waals surface area contributed by atoms with Crippen LogP contribution in [0.25, 0.3) is 0 Å². The van der Waals surface area contributed by atoms with E-state index in [1.807, 2.05) is 12.1 Å². The number of hydrogen-bond donors (Lipinski definition) is 1. The van der Waals surface area contributed by atoms with E-state index in [1.165, 1.54) is 12.8 Å². The molecule has 1 aliphatic rings. The lowest BCUT2D eigenvalue weighted by molar-refractivity contribution is 0.0605. The molecule has 0 saturated heterocycles. The molecule has 1 fully saturated rings. The Morgan fingerprint density at radius 1 is 1.29 bits per heavy atom. The van der Waals surface area contributed by atoms with Crippen LogP contribution in [0.4, 0.5) is 5.69 Å². The number of rotatable bonds is 4. The topological polar surface area (TPSA) is 43.4 Å². The number of nitrogens with zero attached hydrogens (tertiary/aromatic N) is 1. The van der Waals surface area contributed by atoms with Gasteiger partial charge in [0.25, 0.3) is 0 Å². The Morgan fingerprint density at radius 2 is 2.12 bits per heavy atom. The standard InChI is InChI=1S/C13H20N2O2/c1-16-12-8-4-3-6-10(12)15-11-7-5-9-14-13(11)17-2/h5,7,9-10,12,15H,3-4,6,8H2,1-2H3. The van der Waals surface area contributed by atoms with Crippen LogP contribution < -0.4 is 10.1 Å². The first kappa shape index (κ1) is 12.2. The molecule has 0 aliphatic heterocycles. The second-order valence-electron chi connectivity index (χ2n) is 4.37. The summed E-state index contributed by atoms with van der Waals surface area (Å²) in [5, 5.41) is 3.49. The second kappa shape index (κ2) is 5.87. The SMILES string of the molecule is COc1ncccc1NC1CCCCC1OC. The normalized spacial score (nSPS) is 24.4. The first-order valence-electron chi connectivity index (χ1n) is 6.13. The van der Waals surface area contributed by atoms with Crippen molar-refractivity contribution >= 4 is 5.69 Å². The molecular formula is C13H20N2O2. The first-order chi connectivity index (χ1) is 8.35. The van der Waals surface area contributed by atoms with E-state index in [1.54, 1.807) is 20.4 Å². The minimum absolute atomic E-state index is 0.286. The van der Waals surface area contributed by atoms with Crippen molar-refractivity contribution in [3.63, 3.8) is 0 Å². The first-order valence-corrected chi connectivity index (χ1v) is 6.13. The molecule has 2 unspecified atom stereocenters. The average molecular weight is 236 g/mol. The summed E-state index contributed by atoms with van der Waals surface area (Å²) in [5.41, 5.74) is 0.948. The van der Waals surface area contributed by atoms with Crippen LogP contribution in [0.5, 0.6) is 5.88 Å². The zero-order chi connectivity index (χ0) is 12.1. The number of nitrogens with one attached hydrogen (secondary N) is 1. The van der Waals surface area contributed by atoms with Crippen molar-refractivity contribution in [2.24, 2.45) is 0 Å². The second-order valence-corrected chi connectivity index (χ2v) is 4.37. The molecule has 1 aromatic rings. The summed E-state index contributed by atoms with van der Waals surface area (Å²) in [6.07, 6.45) is 6.78. The summed E-state index contributed by atoms with van der Waals surface area (Å²) in [5.74, 6) is 0.646. The van der Waals surface area contributed by atoms with Gasteiger partial charge >= 0.3 is 0 Å². The monoisotopic (exact) mass is 236 g/mol. The maximum atomic E-state index is 5.53. The molecule has 17 heavy (non-hydrogen) atoms. The molecule has 1 aromatic heterocycles. The van der Waals surface area contributed by atoms with Crippen LogP contribution in [0.15, 0.2) is 18.3 Å². The maximum absolute atomic E-state index is 5.53.